The Bertz CT molecular complexity index is 1170. The van der Waals surface area contributed by atoms with Crippen LogP contribution in [0.4, 0.5) is 19.0 Å². The van der Waals surface area contributed by atoms with Crippen molar-refractivity contribution in [1.82, 2.24) is 19.7 Å². The Labute approximate surface area is 188 Å². The van der Waals surface area contributed by atoms with E-state index in [2.05, 4.69) is 15.5 Å². The van der Waals surface area contributed by atoms with Crippen molar-refractivity contribution in [2.24, 2.45) is 0 Å². The summed E-state index contributed by atoms with van der Waals surface area (Å²) in [5, 5.41) is 19.5. The van der Waals surface area contributed by atoms with E-state index in [4.69, 9.17) is 9.90 Å². The Morgan fingerprint density at radius 3 is 2.45 bits per heavy atom. The number of halogens is 3. The minimum absolute atomic E-state index is 0.101. The summed E-state index contributed by atoms with van der Waals surface area (Å²) >= 11 is 0. The first-order valence-electron chi connectivity index (χ1n) is 10.0. The minimum atomic E-state index is -2.90. The number of carbonyl (C=O) groups is 1. The van der Waals surface area contributed by atoms with Gasteiger partial charge < -0.3 is 19.9 Å². The molecule has 0 saturated carbocycles. The van der Waals surface area contributed by atoms with Gasteiger partial charge in [0.05, 0.1) is 17.3 Å². The van der Waals surface area contributed by atoms with Crippen LogP contribution in [0.3, 0.4) is 0 Å². The molecule has 0 aliphatic rings. The van der Waals surface area contributed by atoms with Gasteiger partial charge in [0.1, 0.15) is 5.82 Å². The molecule has 0 fully saturated rings. The molecule has 1 aromatic carbocycles. The molecule has 2 heterocycles. The summed E-state index contributed by atoms with van der Waals surface area (Å²) in [4.78, 5) is 22.8. The SMILES string of the molecule is Cc1nnc(N[C@H](C)c2cccc(C(F)F)c2F)c2cn(CCN(C)C)c(=O)cc12.O=CO. The van der Waals surface area contributed by atoms with Crippen LogP contribution in [0.5, 0.6) is 0 Å². The lowest BCUT2D eigenvalue weighted by Crippen LogP contribution is -2.26. The van der Waals surface area contributed by atoms with Gasteiger partial charge in [0.2, 0.25) is 0 Å². The molecule has 0 saturated heterocycles. The second kappa shape index (κ2) is 11.4. The van der Waals surface area contributed by atoms with Gasteiger partial charge in [-0.2, -0.15) is 5.10 Å². The van der Waals surface area contributed by atoms with Crippen molar-refractivity contribution in [3.63, 3.8) is 0 Å². The smallest absolute Gasteiger partial charge is 0.290 e. The van der Waals surface area contributed by atoms with Gasteiger partial charge in [-0.1, -0.05) is 18.2 Å². The number of hydrogen-bond acceptors (Lipinski definition) is 6. The van der Waals surface area contributed by atoms with Crippen LogP contribution in [0.25, 0.3) is 10.8 Å². The topological polar surface area (TPSA) is 100 Å². The first-order valence-corrected chi connectivity index (χ1v) is 10.0. The van der Waals surface area contributed by atoms with Crippen LogP contribution in [-0.4, -0.2) is 51.9 Å². The summed E-state index contributed by atoms with van der Waals surface area (Å²) in [5.74, 6) is -0.594. The van der Waals surface area contributed by atoms with Crippen LogP contribution in [0, 0.1) is 12.7 Å². The summed E-state index contributed by atoms with van der Waals surface area (Å²) in [6.45, 7) is 4.32. The van der Waals surface area contributed by atoms with Crippen molar-refractivity contribution in [2.45, 2.75) is 32.9 Å². The molecule has 0 bridgehead atoms. The Balaban J connectivity index is 0.00000122. The molecule has 2 aromatic heterocycles. The van der Waals surface area contributed by atoms with Crippen molar-refractivity contribution < 1.29 is 23.1 Å². The first-order chi connectivity index (χ1) is 15.6. The average Bonchev–Trinajstić information content (AvgIpc) is 2.75. The predicted octanol–water partition coefficient (Wildman–Crippen LogP) is 3.61. The maximum atomic E-state index is 14.5. The summed E-state index contributed by atoms with van der Waals surface area (Å²) in [6, 6.07) is 4.78. The fraction of sp³-hybridized carbons (Fsp3) is 0.364. The summed E-state index contributed by atoms with van der Waals surface area (Å²) in [7, 11) is 3.83. The van der Waals surface area contributed by atoms with Gasteiger partial charge in [0, 0.05) is 41.7 Å². The van der Waals surface area contributed by atoms with Crippen molar-refractivity contribution in [3.05, 3.63) is 63.5 Å². The van der Waals surface area contributed by atoms with E-state index in [0.717, 1.165) is 6.07 Å². The van der Waals surface area contributed by atoms with Gasteiger partial charge in [-0.3, -0.25) is 9.59 Å². The molecule has 2 N–H and O–H groups in total. The second-order valence-electron chi connectivity index (χ2n) is 7.59. The van der Waals surface area contributed by atoms with Gasteiger partial charge in [-0.15, -0.1) is 5.10 Å². The number of carboxylic acid groups (broad SMARTS) is 1. The van der Waals surface area contributed by atoms with Crippen LogP contribution >= 0.6 is 0 Å². The molecule has 178 valence electrons. The van der Waals surface area contributed by atoms with Gasteiger partial charge in [-0.25, -0.2) is 13.2 Å². The highest BCUT2D eigenvalue weighted by Gasteiger charge is 2.20. The summed E-state index contributed by atoms with van der Waals surface area (Å²) in [5.41, 5.74) is -0.108. The number of alkyl halides is 2. The molecule has 33 heavy (non-hydrogen) atoms. The van der Waals surface area contributed by atoms with Crippen molar-refractivity contribution >= 4 is 23.1 Å². The van der Waals surface area contributed by atoms with E-state index in [1.54, 1.807) is 24.6 Å². The van der Waals surface area contributed by atoms with Crippen molar-refractivity contribution in [3.8, 4) is 0 Å². The molecular formula is C22H26F3N5O3. The Kier molecular flexibility index (Phi) is 8.92. The maximum absolute atomic E-state index is 14.5. The van der Waals surface area contributed by atoms with Gasteiger partial charge >= 0.3 is 0 Å². The lowest BCUT2D eigenvalue weighted by atomic mass is 10.0. The lowest BCUT2D eigenvalue weighted by molar-refractivity contribution is -0.122. The third kappa shape index (κ3) is 6.28. The normalized spacial score (nSPS) is 11.9. The van der Waals surface area contributed by atoms with Gasteiger partial charge in [-0.05, 0) is 27.9 Å². The van der Waals surface area contributed by atoms with Crippen LogP contribution in [-0.2, 0) is 11.3 Å². The number of likely N-dealkylation sites (N-methyl/N-ethyl adjacent to an activating group) is 1. The molecule has 0 unspecified atom stereocenters. The van der Waals surface area contributed by atoms with Crippen molar-refractivity contribution in [1.29, 1.82) is 0 Å². The highest BCUT2D eigenvalue weighted by Crippen LogP contribution is 2.30. The molecule has 11 heteroatoms. The first kappa shape index (κ1) is 25.8. The Hall–Kier alpha value is -3.47. The zero-order chi connectivity index (χ0) is 24.7. The predicted molar refractivity (Wildman–Crippen MR) is 119 cm³/mol. The monoisotopic (exact) mass is 465 g/mol. The second-order valence-corrected chi connectivity index (χ2v) is 7.59. The highest BCUT2D eigenvalue weighted by atomic mass is 19.3. The largest absolute Gasteiger partial charge is 0.483 e. The van der Waals surface area contributed by atoms with E-state index < -0.39 is 23.8 Å². The molecule has 0 aliphatic heterocycles. The van der Waals surface area contributed by atoms with Gasteiger partial charge in [0.25, 0.3) is 18.5 Å². The molecule has 0 spiro atoms. The number of rotatable bonds is 7. The van der Waals surface area contributed by atoms with E-state index >= 15 is 0 Å². The van der Waals surface area contributed by atoms with E-state index in [-0.39, 0.29) is 17.6 Å². The molecule has 8 nitrogen and oxygen atoms in total. The molecule has 0 radical (unpaired) electrons. The summed E-state index contributed by atoms with van der Waals surface area (Å²) in [6.07, 6.45) is -1.20. The Morgan fingerprint density at radius 2 is 1.85 bits per heavy atom. The number of anilines is 1. The summed E-state index contributed by atoms with van der Waals surface area (Å²) < 4.78 is 42.2. The van der Waals surface area contributed by atoms with E-state index in [1.807, 2.05) is 19.0 Å². The number of aryl methyl sites for hydroxylation is 1. The highest BCUT2D eigenvalue weighted by molar-refractivity contribution is 5.92. The van der Waals surface area contributed by atoms with E-state index in [0.29, 0.717) is 35.4 Å². The molecule has 3 rings (SSSR count). The van der Waals surface area contributed by atoms with Crippen LogP contribution in [0.2, 0.25) is 0 Å². The Morgan fingerprint density at radius 1 is 1.21 bits per heavy atom. The number of pyridine rings is 1. The number of hydrogen-bond donors (Lipinski definition) is 2. The quantitative estimate of drug-likeness (QED) is 0.514. The average molecular weight is 465 g/mol. The number of benzene rings is 1. The fourth-order valence-electron chi connectivity index (χ4n) is 3.24. The number of fused-ring (bicyclic) bond motifs is 1. The molecule has 3 aromatic rings. The van der Waals surface area contributed by atoms with Gasteiger partial charge in [0.15, 0.2) is 5.82 Å². The molecular weight excluding hydrogens is 439 g/mol. The van der Waals surface area contributed by atoms with Crippen LogP contribution in [0.1, 0.15) is 36.2 Å². The molecule has 0 amide bonds. The van der Waals surface area contributed by atoms with Crippen LogP contribution < -0.4 is 10.9 Å². The van der Waals surface area contributed by atoms with E-state index in [1.165, 1.54) is 18.2 Å². The third-order valence-corrected chi connectivity index (χ3v) is 4.97. The van der Waals surface area contributed by atoms with E-state index in [9.17, 15) is 18.0 Å². The lowest BCUT2D eigenvalue weighted by Gasteiger charge is -2.19. The number of nitrogens with one attached hydrogen (secondary N) is 1. The van der Waals surface area contributed by atoms with Crippen LogP contribution in [0.15, 0.2) is 35.3 Å². The minimum Gasteiger partial charge on any atom is -0.483 e. The number of nitrogens with zero attached hydrogens (tertiary/aromatic N) is 4. The fourth-order valence-corrected chi connectivity index (χ4v) is 3.24. The third-order valence-electron chi connectivity index (χ3n) is 4.97. The molecule has 0 aliphatic carbocycles. The molecule has 1 atom stereocenters. The maximum Gasteiger partial charge on any atom is 0.290 e. The van der Waals surface area contributed by atoms with Crippen molar-refractivity contribution in [2.75, 3.05) is 26.0 Å². The number of aromatic nitrogens is 3. The zero-order valence-electron chi connectivity index (χ0n) is 18.7. The standard InChI is InChI=1S/C21H24F3N5O.CH2O2/c1-12(14-6-5-7-15(19(14)22)20(23)24)25-21-17-11-29(9-8-28(3)4)18(30)10-16(17)13(2)26-27-21;2-1-3/h5-7,10-12,20H,8-9H2,1-4H3,(H,25,27);1H,(H,2,3)/t12-;/m1./s1. The zero-order valence-corrected chi connectivity index (χ0v) is 18.7.